The quantitative estimate of drug-likeness (QED) is 0.751. The number of rotatable bonds is 3. The maximum absolute atomic E-state index is 6.10. The van der Waals surface area contributed by atoms with Crippen molar-refractivity contribution in [1.29, 1.82) is 0 Å². The predicted octanol–water partition coefficient (Wildman–Crippen LogP) is 5.77. The van der Waals surface area contributed by atoms with Gasteiger partial charge in [0.05, 0.1) is 5.03 Å². The molecule has 1 unspecified atom stereocenters. The van der Waals surface area contributed by atoms with Gasteiger partial charge in [-0.2, -0.15) is 0 Å². The Morgan fingerprint density at radius 2 is 2.17 bits per heavy atom. The highest BCUT2D eigenvalue weighted by molar-refractivity contribution is 7.99. The van der Waals surface area contributed by atoms with E-state index >= 15 is 0 Å². The number of piperidine rings is 1. The second kappa shape index (κ2) is 6.99. The Labute approximate surface area is 153 Å². The van der Waals surface area contributed by atoms with Crippen molar-refractivity contribution in [2.75, 3.05) is 13.1 Å². The van der Waals surface area contributed by atoms with Crippen LogP contribution in [0.3, 0.4) is 0 Å². The summed E-state index contributed by atoms with van der Waals surface area (Å²) >= 11 is 7.84. The standard InChI is InChI=1S/C20H23ClN2S/c1-14-19(15-8-10-23-9-3-2-6-17(23)11-15)13-20(22-14)24-18-7-4-5-16(21)12-18/h4-5,7-8,12-13,17,22H,2-3,6,9-11H2,1H3. The molecule has 0 saturated carbocycles. The molecule has 2 aliphatic heterocycles. The molecule has 2 aliphatic rings. The second-order valence-electron chi connectivity index (χ2n) is 6.81. The van der Waals surface area contributed by atoms with E-state index in [0.29, 0.717) is 0 Å². The highest BCUT2D eigenvalue weighted by Gasteiger charge is 2.27. The summed E-state index contributed by atoms with van der Waals surface area (Å²) in [4.78, 5) is 7.37. The number of fused-ring (bicyclic) bond motifs is 1. The van der Waals surface area contributed by atoms with Crippen LogP contribution in [0.5, 0.6) is 0 Å². The molecule has 1 saturated heterocycles. The fraction of sp³-hybridized carbons (Fsp3) is 0.400. The van der Waals surface area contributed by atoms with Gasteiger partial charge in [0, 0.05) is 28.2 Å². The first-order valence-electron chi connectivity index (χ1n) is 8.75. The number of nitrogens with one attached hydrogen (secondary N) is 1. The summed E-state index contributed by atoms with van der Waals surface area (Å²) < 4.78 is 0. The van der Waals surface area contributed by atoms with Crippen LogP contribution >= 0.6 is 23.4 Å². The zero-order valence-electron chi connectivity index (χ0n) is 14.0. The maximum atomic E-state index is 6.10. The number of hydrogen-bond donors (Lipinski definition) is 1. The minimum Gasteiger partial charge on any atom is -0.353 e. The zero-order valence-corrected chi connectivity index (χ0v) is 15.6. The summed E-state index contributed by atoms with van der Waals surface area (Å²) in [6, 6.07) is 11.1. The molecule has 4 rings (SSSR count). The number of benzene rings is 1. The van der Waals surface area contributed by atoms with Crippen LogP contribution < -0.4 is 0 Å². The van der Waals surface area contributed by atoms with E-state index in [4.69, 9.17) is 11.6 Å². The summed E-state index contributed by atoms with van der Waals surface area (Å²) in [6.45, 7) is 4.57. The number of halogens is 1. The molecule has 1 atom stereocenters. The molecule has 0 spiro atoms. The minimum absolute atomic E-state index is 0.747. The molecule has 3 heterocycles. The summed E-state index contributed by atoms with van der Waals surface area (Å²) in [5.74, 6) is 0. The first-order chi connectivity index (χ1) is 11.7. The van der Waals surface area contributed by atoms with Gasteiger partial charge < -0.3 is 4.98 Å². The Morgan fingerprint density at radius 1 is 1.25 bits per heavy atom. The van der Waals surface area contributed by atoms with E-state index in [9.17, 15) is 0 Å². The lowest BCUT2D eigenvalue weighted by atomic mass is 9.89. The molecule has 2 nitrogen and oxygen atoms in total. The van der Waals surface area contributed by atoms with Crippen molar-refractivity contribution >= 4 is 28.9 Å². The SMILES string of the molecule is Cc1[nH]c(Sc2cccc(Cl)c2)cc1C1=CCN2CCCCC2C1. The van der Waals surface area contributed by atoms with Crippen molar-refractivity contribution in [3.63, 3.8) is 0 Å². The molecule has 0 aliphatic carbocycles. The minimum atomic E-state index is 0.747. The summed E-state index contributed by atoms with van der Waals surface area (Å²) in [5, 5.41) is 1.98. The van der Waals surface area contributed by atoms with Crippen molar-refractivity contribution in [3.05, 3.63) is 52.7 Å². The lowest BCUT2D eigenvalue weighted by Gasteiger charge is -2.38. The average molecular weight is 359 g/mol. The lowest BCUT2D eigenvalue weighted by Crippen LogP contribution is -2.41. The molecule has 126 valence electrons. The van der Waals surface area contributed by atoms with Crippen molar-refractivity contribution in [2.45, 2.75) is 48.6 Å². The third-order valence-electron chi connectivity index (χ3n) is 5.14. The van der Waals surface area contributed by atoms with Crippen molar-refractivity contribution in [2.24, 2.45) is 0 Å². The van der Waals surface area contributed by atoms with Gasteiger partial charge in [-0.05, 0) is 68.1 Å². The summed E-state index contributed by atoms with van der Waals surface area (Å²) in [7, 11) is 0. The fourth-order valence-electron chi connectivity index (χ4n) is 3.89. The van der Waals surface area contributed by atoms with Gasteiger partial charge in [-0.15, -0.1) is 0 Å². The van der Waals surface area contributed by atoms with Crippen molar-refractivity contribution < 1.29 is 0 Å². The van der Waals surface area contributed by atoms with E-state index in [1.54, 1.807) is 11.8 Å². The van der Waals surface area contributed by atoms with Crippen LogP contribution in [0.25, 0.3) is 5.57 Å². The third kappa shape index (κ3) is 3.44. The van der Waals surface area contributed by atoms with Crippen LogP contribution in [0.15, 0.2) is 46.3 Å². The van der Waals surface area contributed by atoms with E-state index in [1.165, 1.54) is 59.0 Å². The lowest BCUT2D eigenvalue weighted by molar-refractivity contribution is 0.161. The van der Waals surface area contributed by atoms with Gasteiger partial charge in [0.25, 0.3) is 0 Å². The van der Waals surface area contributed by atoms with Gasteiger partial charge in [-0.25, -0.2) is 0 Å². The van der Waals surface area contributed by atoms with Crippen LogP contribution in [-0.4, -0.2) is 29.0 Å². The largest absolute Gasteiger partial charge is 0.353 e. The fourth-order valence-corrected chi connectivity index (χ4v) is 5.11. The van der Waals surface area contributed by atoms with Crippen LogP contribution in [-0.2, 0) is 0 Å². The number of H-pyrrole nitrogens is 1. The van der Waals surface area contributed by atoms with Crippen LogP contribution in [0.1, 0.15) is 36.9 Å². The monoisotopic (exact) mass is 358 g/mol. The smallest absolute Gasteiger partial charge is 0.0778 e. The van der Waals surface area contributed by atoms with Gasteiger partial charge in [-0.1, -0.05) is 41.9 Å². The molecule has 4 heteroatoms. The molecule has 1 aromatic carbocycles. The molecular weight excluding hydrogens is 336 g/mol. The Balaban J connectivity index is 1.54. The second-order valence-corrected chi connectivity index (χ2v) is 8.36. The number of aryl methyl sites for hydroxylation is 1. The third-order valence-corrected chi connectivity index (χ3v) is 6.30. The Kier molecular flexibility index (Phi) is 4.75. The maximum Gasteiger partial charge on any atom is 0.0778 e. The number of hydrogen-bond acceptors (Lipinski definition) is 2. The van der Waals surface area contributed by atoms with Gasteiger partial charge in [0.15, 0.2) is 0 Å². The predicted molar refractivity (Wildman–Crippen MR) is 103 cm³/mol. The molecule has 1 aromatic heterocycles. The molecule has 0 bridgehead atoms. The molecule has 1 N–H and O–H groups in total. The van der Waals surface area contributed by atoms with Crippen LogP contribution in [0, 0.1) is 6.92 Å². The van der Waals surface area contributed by atoms with Gasteiger partial charge in [0.1, 0.15) is 0 Å². The Bertz CT molecular complexity index is 765. The molecule has 0 radical (unpaired) electrons. The Hall–Kier alpha value is -1.16. The van der Waals surface area contributed by atoms with E-state index in [-0.39, 0.29) is 0 Å². The molecule has 0 amide bonds. The van der Waals surface area contributed by atoms with E-state index in [2.05, 4.69) is 35.0 Å². The zero-order chi connectivity index (χ0) is 16.5. The van der Waals surface area contributed by atoms with Crippen molar-refractivity contribution in [1.82, 2.24) is 9.88 Å². The molecular formula is C20H23ClN2S. The normalized spacial score (nSPS) is 21.4. The van der Waals surface area contributed by atoms with Gasteiger partial charge in [-0.3, -0.25) is 4.90 Å². The summed E-state index contributed by atoms with van der Waals surface area (Å²) in [5.41, 5.74) is 4.18. The highest BCUT2D eigenvalue weighted by atomic mass is 35.5. The van der Waals surface area contributed by atoms with E-state index < -0.39 is 0 Å². The van der Waals surface area contributed by atoms with Gasteiger partial charge in [0.2, 0.25) is 0 Å². The first kappa shape index (κ1) is 16.3. The Morgan fingerprint density at radius 3 is 3.04 bits per heavy atom. The first-order valence-corrected chi connectivity index (χ1v) is 9.95. The van der Waals surface area contributed by atoms with Gasteiger partial charge >= 0.3 is 0 Å². The molecule has 24 heavy (non-hydrogen) atoms. The summed E-state index contributed by atoms with van der Waals surface area (Å²) in [6.07, 6.45) is 7.73. The van der Waals surface area contributed by atoms with Crippen LogP contribution in [0.2, 0.25) is 5.02 Å². The number of aromatic nitrogens is 1. The molecule has 1 fully saturated rings. The highest BCUT2D eigenvalue weighted by Crippen LogP contribution is 2.36. The average Bonchev–Trinajstić information content (AvgIpc) is 2.95. The number of aromatic amines is 1. The van der Waals surface area contributed by atoms with E-state index in [0.717, 1.165) is 17.6 Å². The van der Waals surface area contributed by atoms with Crippen molar-refractivity contribution in [3.8, 4) is 0 Å². The number of nitrogens with zero attached hydrogens (tertiary/aromatic N) is 1. The molecule has 2 aromatic rings. The van der Waals surface area contributed by atoms with E-state index in [1.807, 2.05) is 18.2 Å². The van der Waals surface area contributed by atoms with Crippen LogP contribution in [0.4, 0.5) is 0 Å². The topological polar surface area (TPSA) is 19.0 Å².